The summed E-state index contributed by atoms with van der Waals surface area (Å²) in [7, 11) is 0. The van der Waals surface area contributed by atoms with Gasteiger partial charge in [-0.1, -0.05) is 72.8 Å². The number of likely N-dealkylation sites (tertiary alicyclic amines) is 1. The number of nitrogens with zero attached hydrogens (tertiary/aromatic N) is 3. The number of fused-ring (bicyclic) bond motifs is 1. The molecule has 1 saturated heterocycles. The number of aromatic amines is 1. The molecular formula is C29H34N4O3. The van der Waals surface area contributed by atoms with Crippen LogP contribution in [-0.2, 0) is 17.8 Å². The fraction of sp³-hybridized carbons (Fsp3) is 0.310. The molecule has 0 saturated carbocycles. The molecule has 1 amide bonds. The molecule has 3 aromatic carbocycles. The highest BCUT2D eigenvalue weighted by Crippen LogP contribution is 2.25. The maximum Gasteiger partial charge on any atom is 0.409 e. The molecule has 7 nitrogen and oxygen atoms in total. The summed E-state index contributed by atoms with van der Waals surface area (Å²) in [6.07, 6.45) is 1.18. The Hall–Kier alpha value is -3.84. The van der Waals surface area contributed by atoms with E-state index in [1.54, 1.807) is 4.90 Å². The monoisotopic (exact) mass is 486 g/mol. The van der Waals surface area contributed by atoms with Gasteiger partial charge in [0.2, 0.25) is 0 Å². The number of para-hydroxylation sites is 2. The minimum absolute atomic E-state index is 0. The van der Waals surface area contributed by atoms with E-state index in [4.69, 9.17) is 4.74 Å². The molecule has 0 spiro atoms. The van der Waals surface area contributed by atoms with Crippen molar-refractivity contribution in [1.29, 1.82) is 0 Å². The predicted octanol–water partition coefficient (Wildman–Crippen LogP) is 5.05. The number of rotatable bonds is 8. The summed E-state index contributed by atoms with van der Waals surface area (Å²) in [6.45, 7) is 3.72. The van der Waals surface area contributed by atoms with Gasteiger partial charge >= 0.3 is 11.8 Å². The number of hydrogen-bond donors (Lipinski definition) is 1. The van der Waals surface area contributed by atoms with Crippen LogP contribution in [0.15, 0.2) is 89.7 Å². The van der Waals surface area contributed by atoms with E-state index in [1.807, 2.05) is 65.2 Å². The van der Waals surface area contributed by atoms with Gasteiger partial charge in [0.05, 0.1) is 11.0 Å². The molecule has 0 aliphatic carbocycles. The van der Waals surface area contributed by atoms with Crippen LogP contribution in [0.5, 0.6) is 0 Å². The Bertz CT molecular complexity index is 1290. The molecule has 7 heteroatoms. The Morgan fingerprint density at radius 2 is 1.47 bits per heavy atom. The molecule has 5 rings (SSSR count). The highest BCUT2D eigenvalue weighted by molar-refractivity contribution is 5.75. The summed E-state index contributed by atoms with van der Waals surface area (Å²) in [5, 5.41) is 0. The molecule has 1 aliphatic rings. The number of imidazole rings is 1. The molecule has 1 N–H and O–H groups in total. The Balaban J connectivity index is 0.00000320. The van der Waals surface area contributed by atoms with Gasteiger partial charge in [-0.25, -0.2) is 9.59 Å². The molecule has 0 bridgehead atoms. The minimum Gasteiger partial charge on any atom is -0.448 e. The van der Waals surface area contributed by atoms with Crippen molar-refractivity contribution in [2.24, 2.45) is 0 Å². The summed E-state index contributed by atoms with van der Waals surface area (Å²) >= 11 is 0. The summed E-state index contributed by atoms with van der Waals surface area (Å²) in [4.78, 5) is 32.3. The molecule has 2 heterocycles. The summed E-state index contributed by atoms with van der Waals surface area (Å²) in [6, 6.07) is 28.5. The molecule has 1 fully saturated rings. The summed E-state index contributed by atoms with van der Waals surface area (Å²) < 4.78 is 7.51. The van der Waals surface area contributed by atoms with E-state index < -0.39 is 0 Å². The van der Waals surface area contributed by atoms with E-state index in [9.17, 15) is 9.59 Å². The average molecular weight is 487 g/mol. The number of carbonyl (C=O) groups is 1. The maximum absolute atomic E-state index is 12.8. The topological polar surface area (TPSA) is 70.6 Å². The number of piperidine rings is 1. The minimum atomic E-state index is -0.279. The van der Waals surface area contributed by atoms with Crippen LogP contribution in [0.2, 0.25) is 0 Å². The van der Waals surface area contributed by atoms with Crippen LogP contribution in [0.1, 0.15) is 31.4 Å². The van der Waals surface area contributed by atoms with E-state index in [-0.39, 0.29) is 19.3 Å². The Morgan fingerprint density at radius 3 is 2.11 bits per heavy atom. The van der Waals surface area contributed by atoms with E-state index in [0.717, 1.165) is 37.0 Å². The zero-order valence-electron chi connectivity index (χ0n) is 20.4. The highest BCUT2D eigenvalue weighted by atomic mass is 16.6. The Labute approximate surface area is 212 Å². The van der Waals surface area contributed by atoms with Crippen molar-refractivity contribution in [1.82, 2.24) is 19.4 Å². The van der Waals surface area contributed by atoms with Gasteiger partial charge in [-0.2, -0.15) is 0 Å². The normalized spacial score (nSPS) is 14.4. The van der Waals surface area contributed by atoms with Gasteiger partial charge in [-0.3, -0.25) is 9.47 Å². The Morgan fingerprint density at radius 1 is 0.889 bits per heavy atom. The first kappa shape index (κ1) is 23.9. The molecule has 36 heavy (non-hydrogen) atoms. The largest absolute Gasteiger partial charge is 0.448 e. The number of nitrogens with one attached hydrogen (secondary N) is 1. The van der Waals surface area contributed by atoms with E-state index in [0.29, 0.717) is 26.2 Å². The number of ether oxygens (including phenoxy) is 1. The first-order valence-corrected chi connectivity index (χ1v) is 12.6. The van der Waals surface area contributed by atoms with Crippen molar-refractivity contribution in [3.63, 3.8) is 0 Å². The fourth-order valence-corrected chi connectivity index (χ4v) is 4.99. The fourth-order valence-electron chi connectivity index (χ4n) is 4.99. The quantitative estimate of drug-likeness (QED) is 0.378. The Kier molecular flexibility index (Phi) is 7.47. The van der Waals surface area contributed by atoms with Crippen molar-refractivity contribution < 1.29 is 11.0 Å². The lowest BCUT2D eigenvalue weighted by Gasteiger charge is -2.32. The molecule has 1 aliphatic heterocycles. The van der Waals surface area contributed by atoms with Crippen LogP contribution >= 0.6 is 0 Å². The van der Waals surface area contributed by atoms with E-state index in [2.05, 4.69) is 34.1 Å². The first-order valence-electron chi connectivity index (χ1n) is 12.6. The lowest BCUT2D eigenvalue weighted by molar-refractivity contribution is 0.0770. The van der Waals surface area contributed by atoms with Gasteiger partial charge in [-0.05, 0) is 36.1 Å². The van der Waals surface area contributed by atoms with Crippen LogP contribution in [0, 0.1) is 0 Å². The number of carbonyl (C=O) groups excluding carboxylic acids is 1. The molecule has 0 unspecified atom stereocenters. The first-order chi connectivity index (χ1) is 17.7. The van der Waals surface area contributed by atoms with Crippen LogP contribution in [0.4, 0.5) is 4.79 Å². The van der Waals surface area contributed by atoms with Crippen LogP contribution in [0.3, 0.4) is 0 Å². The van der Waals surface area contributed by atoms with Crippen molar-refractivity contribution in [2.75, 3.05) is 26.2 Å². The van der Waals surface area contributed by atoms with E-state index >= 15 is 0 Å². The SMILES string of the molecule is O=C(OCCN(Cc1ccccc1)Cc1ccccc1)N1CCC(n2c(=O)[nH]c3ccccc32)CC1.[HH]. The van der Waals surface area contributed by atoms with Gasteiger partial charge in [0.15, 0.2) is 0 Å². The standard InChI is InChI=1S/C29H32N4O3.H2/c34-28-30-26-13-7-8-14-27(26)33(28)25-15-17-32(18-16-25)29(35)36-20-19-31(21-23-9-3-1-4-10-23)22-24-11-5-2-6-12-24;/h1-14,25H,15-22H2,(H,30,34);1H. The predicted molar refractivity (Wildman–Crippen MR) is 143 cm³/mol. The number of amides is 1. The van der Waals surface area contributed by atoms with Crippen LogP contribution in [0.25, 0.3) is 11.0 Å². The van der Waals surface area contributed by atoms with Crippen molar-refractivity contribution >= 4 is 17.1 Å². The third-order valence-corrected chi connectivity index (χ3v) is 6.84. The molecule has 188 valence electrons. The number of aromatic nitrogens is 2. The van der Waals surface area contributed by atoms with Crippen molar-refractivity contribution in [2.45, 2.75) is 32.0 Å². The molecule has 0 radical (unpaired) electrons. The second-order valence-electron chi connectivity index (χ2n) is 9.33. The van der Waals surface area contributed by atoms with Crippen molar-refractivity contribution in [3.8, 4) is 0 Å². The van der Waals surface area contributed by atoms with Crippen molar-refractivity contribution in [3.05, 3.63) is 107 Å². The highest BCUT2D eigenvalue weighted by Gasteiger charge is 2.27. The van der Waals surface area contributed by atoms with Gasteiger partial charge < -0.3 is 14.6 Å². The molecule has 1 aromatic heterocycles. The number of benzene rings is 3. The molecular weight excluding hydrogens is 452 g/mol. The summed E-state index contributed by atoms with van der Waals surface area (Å²) in [5.41, 5.74) is 4.14. The van der Waals surface area contributed by atoms with Gasteiger partial charge in [0.25, 0.3) is 0 Å². The number of hydrogen-bond acceptors (Lipinski definition) is 4. The molecule has 4 aromatic rings. The zero-order chi connectivity index (χ0) is 24.7. The molecule has 0 atom stereocenters. The zero-order valence-corrected chi connectivity index (χ0v) is 20.4. The van der Waals surface area contributed by atoms with E-state index in [1.165, 1.54) is 11.1 Å². The average Bonchev–Trinajstić information content (AvgIpc) is 3.25. The second kappa shape index (κ2) is 11.3. The number of H-pyrrole nitrogens is 1. The van der Waals surface area contributed by atoms with Crippen LogP contribution in [-0.4, -0.2) is 51.7 Å². The van der Waals surface area contributed by atoms with Gasteiger partial charge in [-0.15, -0.1) is 0 Å². The lowest BCUT2D eigenvalue weighted by atomic mass is 10.0. The van der Waals surface area contributed by atoms with Gasteiger partial charge in [0.1, 0.15) is 6.61 Å². The maximum atomic E-state index is 12.8. The third kappa shape index (κ3) is 5.69. The van der Waals surface area contributed by atoms with Crippen LogP contribution < -0.4 is 5.69 Å². The summed E-state index contributed by atoms with van der Waals surface area (Å²) in [5.74, 6) is 0. The second-order valence-corrected chi connectivity index (χ2v) is 9.33. The lowest BCUT2D eigenvalue weighted by Crippen LogP contribution is -2.41. The van der Waals surface area contributed by atoms with Gasteiger partial charge in [0, 0.05) is 40.2 Å². The smallest absolute Gasteiger partial charge is 0.409 e. The third-order valence-electron chi connectivity index (χ3n) is 6.84.